The SMILES string of the molecule is CN1CCN(CCCNC(=O)[C@H]2Cc3ccccc3N2C(=O)c2ccccc2)CC1. The molecule has 0 unspecified atom stereocenters. The molecule has 158 valence electrons. The molecule has 2 aromatic carbocycles. The van der Waals surface area contributed by atoms with Gasteiger partial charge in [-0.05, 0) is 43.8 Å². The maximum absolute atomic E-state index is 13.2. The summed E-state index contributed by atoms with van der Waals surface area (Å²) in [4.78, 5) is 32.7. The third kappa shape index (κ3) is 4.55. The number of nitrogens with zero attached hydrogens (tertiary/aromatic N) is 3. The van der Waals surface area contributed by atoms with Gasteiger partial charge in [0.15, 0.2) is 0 Å². The number of fused-ring (bicyclic) bond motifs is 1. The highest BCUT2D eigenvalue weighted by molar-refractivity contribution is 6.11. The molecule has 6 heteroatoms. The van der Waals surface area contributed by atoms with Crippen LogP contribution in [-0.4, -0.2) is 74.0 Å². The summed E-state index contributed by atoms with van der Waals surface area (Å²) in [5.74, 6) is -0.202. The molecule has 4 rings (SSSR count). The highest BCUT2D eigenvalue weighted by Gasteiger charge is 2.38. The number of carbonyl (C=O) groups is 2. The molecule has 0 saturated carbocycles. The molecule has 0 aliphatic carbocycles. The number of hydrogen-bond acceptors (Lipinski definition) is 4. The second-order valence-electron chi connectivity index (χ2n) is 8.18. The van der Waals surface area contributed by atoms with Gasteiger partial charge in [0.25, 0.3) is 5.91 Å². The summed E-state index contributed by atoms with van der Waals surface area (Å²) in [5, 5.41) is 3.07. The molecule has 1 N–H and O–H groups in total. The third-order valence-electron chi connectivity index (χ3n) is 6.06. The van der Waals surface area contributed by atoms with E-state index >= 15 is 0 Å². The van der Waals surface area contributed by atoms with Crippen LogP contribution in [0.15, 0.2) is 54.6 Å². The van der Waals surface area contributed by atoms with E-state index in [0.29, 0.717) is 18.5 Å². The van der Waals surface area contributed by atoms with Gasteiger partial charge in [0.2, 0.25) is 5.91 Å². The first-order valence-electron chi connectivity index (χ1n) is 10.8. The van der Waals surface area contributed by atoms with Crippen molar-refractivity contribution in [2.45, 2.75) is 18.9 Å². The fourth-order valence-corrected chi connectivity index (χ4v) is 4.27. The zero-order valence-corrected chi connectivity index (χ0v) is 17.6. The Morgan fingerprint density at radius 2 is 1.67 bits per heavy atom. The van der Waals surface area contributed by atoms with Gasteiger partial charge in [-0.3, -0.25) is 14.5 Å². The van der Waals surface area contributed by atoms with Gasteiger partial charge in [0, 0.05) is 50.4 Å². The van der Waals surface area contributed by atoms with E-state index in [0.717, 1.165) is 50.4 Å². The van der Waals surface area contributed by atoms with Crippen molar-refractivity contribution < 1.29 is 9.59 Å². The molecule has 1 saturated heterocycles. The average Bonchev–Trinajstić information content (AvgIpc) is 3.17. The van der Waals surface area contributed by atoms with Crippen molar-refractivity contribution in [1.29, 1.82) is 0 Å². The van der Waals surface area contributed by atoms with E-state index in [9.17, 15) is 9.59 Å². The second-order valence-corrected chi connectivity index (χ2v) is 8.18. The molecule has 30 heavy (non-hydrogen) atoms. The first-order chi connectivity index (χ1) is 14.6. The van der Waals surface area contributed by atoms with E-state index in [1.165, 1.54) is 0 Å². The number of para-hydroxylation sites is 1. The minimum atomic E-state index is -0.501. The average molecular weight is 407 g/mol. The first-order valence-corrected chi connectivity index (χ1v) is 10.8. The number of hydrogen-bond donors (Lipinski definition) is 1. The van der Waals surface area contributed by atoms with Crippen LogP contribution in [-0.2, 0) is 11.2 Å². The molecule has 0 radical (unpaired) electrons. The number of rotatable bonds is 6. The van der Waals surface area contributed by atoms with Crippen LogP contribution >= 0.6 is 0 Å². The molecule has 2 aliphatic heterocycles. The summed E-state index contributed by atoms with van der Waals surface area (Å²) in [6.45, 7) is 5.99. The largest absolute Gasteiger partial charge is 0.354 e. The fraction of sp³-hybridized carbons (Fsp3) is 0.417. The lowest BCUT2D eigenvalue weighted by Crippen LogP contribution is -2.49. The van der Waals surface area contributed by atoms with Gasteiger partial charge in [-0.1, -0.05) is 36.4 Å². The maximum atomic E-state index is 13.2. The van der Waals surface area contributed by atoms with E-state index in [2.05, 4.69) is 22.2 Å². The topological polar surface area (TPSA) is 55.9 Å². The smallest absolute Gasteiger partial charge is 0.259 e. The van der Waals surface area contributed by atoms with E-state index in [-0.39, 0.29) is 11.8 Å². The van der Waals surface area contributed by atoms with Crippen molar-refractivity contribution in [3.05, 3.63) is 65.7 Å². The van der Waals surface area contributed by atoms with Crippen molar-refractivity contribution >= 4 is 17.5 Å². The molecular formula is C24H30N4O2. The zero-order valence-electron chi connectivity index (χ0n) is 17.6. The lowest BCUT2D eigenvalue weighted by molar-refractivity contribution is -0.122. The summed E-state index contributed by atoms with van der Waals surface area (Å²) >= 11 is 0. The normalized spacial score (nSPS) is 19.5. The molecule has 2 heterocycles. The summed E-state index contributed by atoms with van der Waals surface area (Å²) in [5.41, 5.74) is 2.48. The van der Waals surface area contributed by atoms with Crippen LogP contribution in [0.25, 0.3) is 0 Å². The van der Waals surface area contributed by atoms with E-state index in [4.69, 9.17) is 0 Å². The monoisotopic (exact) mass is 406 g/mol. The molecule has 0 aromatic heterocycles. The molecule has 2 aromatic rings. The summed E-state index contributed by atoms with van der Waals surface area (Å²) in [7, 11) is 2.15. The molecule has 1 fully saturated rings. The number of anilines is 1. The minimum absolute atomic E-state index is 0.0751. The lowest BCUT2D eigenvalue weighted by atomic mass is 10.1. The van der Waals surface area contributed by atoms with Crippen molar-refractivity contribution in [3.63, 3.8) is 0 Å². The second kappa shape index (κ2) is 9.41. The van der Waals surface area contributed by atoms with Crippen LogP contribution in [0.3, 0.4) is 0 Å². The number of amides is 2. The number of likely N-dealkylation sites (N-methyl/N-ethyl adjacent to an activating group) is 1. The number of piperazine rings is 1. The van der Waals surface area contributed by atoms with Gasteiger partial charge in [-0.25, -0.2) is 0 Å². The van der Waals surface area contributed by atoms with Gasteiger partial charge in [0.1, 0.15) is 6.04 Å². The number of carbonyl (C=O) groups excluding carboxylic acids is 2. The van der Waals surface area contributed by atoms with Crippen LogP contribution in [0.1, 0.15) is 22.3 Å². The Balaban J connectivity index is 1.38. The minimum Gasteiger partial charge on any atom is -0.354 e. The number of nitrogens with one attached hydrogen (secondary N) is 1. The van der Waals surface area contributed by atoms with Crippen LogP contribution in [0, 0.1) is 0 Å². The molecule has 1 atom stereocenters. The Labute approximate surface area is 178 Å². The zero-order chi connectivity index (χ0) is 20.9. The molecule has 2 amide bonds. The van der Waals surface area contributed by atoms with Crippen molar-refractivity contribution in [2.24, 2.45) is 0 Å². The highest BCUT2D eigenvalue weighted by Crippen LogP contribution is 2.33. The Bertz CT molecular complexity index is 878. The molecule has 2 aliphatic rings. The van der Waals surface area contributed by atoms with Gasteiger partial charge in [-0.2, -0.15) is 0 Å². The maximum Gasteiger partial charge on any atom is 0.259 e. The molecule has 0 bridgehead atoms. The quantitative estimate of drug-likeness (QED) is 0.746. The standard InChI is InChI=1S/C24H30N4O2/c1-26-14-16-27(17-15-26)13-7-12-25-23(29)22-18-20-10-5-6-11-21(20)28(22)24(30)19-8-3-2-4-9-19/h2-6,8-11,22H,7,12-18H2,1H3,(H,25,29)/t22-/m1/s1. The number of benzene rings is 2. The molecular weight excluding hydrogens is 376 g/mol. The Morgan fingerprint density at radius 1 is 0.967 bits per heavy atom. The van der Waals surface area contributed by atoms with Gasteiger partial charge in [-0.15, -0.1) is 0 Å². The van der Waals surface area contributed by atoms with Crippen LogP contribution in [0.4, 0.5) is 5.69 Å². The van der Waals surface area contributed by atoms with Crippen LogP contribution in [0.2, 0.25) is 0 Å². The summed E-state index contributed by atoms with van der Waals surface area (Å²) < 4.78 is 0. The third-order valence-corrected chi connectivity index (χ3v) is 6.06. The van der Waals surface area contributed by atoms with Gasteiger partial charge >= 0.3 is 0 Å². The lowest BCUT2D eigenvalue weighted by Gasteiger charge is -2.32. The Hall–Kier alpha value is -2.70. The van der Waals surface area contributed by atoms with Gasteiger partial charge in [0.05, 0.1) is 0 Å². The van der Waals surface area contributed by atoms with Gasteiger partial charge < -0.3 is 15.1 Å². The summed E-state index contributed by atoms with van der Waals surface area (Å²) in [6, 6.07) is 16.5. The highest BCUT2D eigenvalue weighted by atomic mass is 16.2. The van der Waals surface area contributed by atoms with Crippen LogP contribution in [0.5, 0.6) is 0 Å². The Morgan fingerprint density at radius 3 is 2.43 bits per heavy atom. The molecule has 6 nitrogen and oxygen atoms in total. The van der Waals surface area contributed by atoms with Crippen molar-refractivity contribution in [2.75, 3.05) is 51.2 Å². The Kier molecular flexibility index (Phi) is 6.45. The first kappa shape index (κ1) is 20.6. The summed E-state index contributed by atoms with van der Waals surface area (Å²) in [6.07, 6.45) is 1.47. The molecule has 0 spiro atoms. The predicted molar refractivity (Wildman–Crippen MR) is 119 cm³/mol. The van der Waals surface area contributed by atoms with E-state index in [1.54, 1.807) is 17.0 Å². The van der Waals surface area contributed by atoms with E-state index in [1.807, 2.05) is 42.5 Å². The van der Waals surface area contributed by atoms with E-state index < -0.39 is 6.04 Å². The van der Waals surface area contributed by atoms with Crippen LogP contribution < -0.4 is 10.2 Å². The fourth-order valence-electron chi connectivity index (χ4n) is 4.27. The van der Waals surface area contributed by atoms with Crippen molar-refractivity contribution in [1.82, 2.24) is 15.1 Å². The van der Waals surface area contributed by atoms with Crippen molar-refractivity contribution in [3.8, 4) is 0 Å². The predicted octanol–water partition coefficient (Wildman–Crippen LogP) is 2.01.